The standard InChI is InChI=1S/C11H16ClN3O4S/c1-19-5-4-14-11(16)7-15-20(17,18)10-3-2-8(13)6-9(10)12/h2-3,6,15H,4-5,7,13H2,1H3,(H,14,16). The first-order valence-electron chi connectivity index (χ1n) is 5.67. The Kier molecular flexibility index (Phi) is 6.21. The van der Waals surface area contributed by atoms with Gasteiger partial charge in [-0.3, -0.25) is 4.79 Å². The Labute approximate surface area is 122 Å². The zero-order valence-electron chi connectivity index (χ0n) is 10.8. The summed E-state index contributed by atoms with van der Waals surface area (Å²) in [5.41, 5.74) is 5.84. The fourth-order valence-electron chi connectivity index (χ4n) is 1.33. The molecule has 0 saturated heterocycles. The molecule has 9 heteroatoms. The van der Waals surface area contributed by atoms with E-state index in [0.717, 1.165) is 0 Å². The maximum absolute atomic E-state index is 12.0. The number of methoxy groups -OCH3 is 1. The lowest BCUT2D eigenvalue weighted by molar-refractivity contribution is -0.120. The minimum Gasteiger partial charge on any atom is -0.399 e. The van der Waals surface area contributed by atoms with Crippen LogP contribution in [0.15, 0.2) is 23.1 Å². The predicted molar refractivity (Wildman–Crippen MR) is 75.9 cm³/mol. The molecule has 0 heterocycles. The first-order valence-corrected chi connectivity index (χ1v) is 7.53. The third-order valence-electron chi connectivity index (χ3n) is 2.30. The van der Waals surface area contributed by atoms with Crippen molar-refractivity contribution in [2.75, 3.05) is 32.5 Å². The molecule has 0 aliphatic rings. The highest BCUT2D eigenvalue weighted by molar-refractivity contribution is 7.89. The van der Waals surface area contributed by atoms with E-state index in [0.29, 0.717) is 18.8 Å². The molecule has 7 nitrogen and oxygen atoms in total. The van der Waals surface area contributed by atoms with Crippen LogP contribution in [0.1, 0.15) is 0 Å². The number of halogens is 1. The minimum atomic E-state index is -3.86. The molecule has 0 bridgehead atoms. The van der Waals surface area contributed by atoms with Crippen LogP contribution in [0, 0.1) is 0 Å². The number of carbonyl (C=O) groups is 1. The predicted octanol–water partition coefficient (Wildman–Crippen LogP) is -0.0369. The van der Waals surface area contributed by atoms with E-state index in [2.05, 4.69) is 10.0 Å². The normalized spacial score (nSPS) is 11.3. The van der Waals surface area contributed by atoms with Gasteiger partial charge in [-0.05, 0) is 18.2 Å². The van der Waals surface area contributed by atoms with E-state index in [4.69, 9.17) is 22.1 Å². The Morgan fingerprint density at radius 2 is 2.15 bits per heavy atom. The fraction of sp³-hybridized carbons (Fsp3) is 0.364. The number of nitrogens with two attached hydrogens (primary N) is 1. The third kappa shape index (κ3) is 4.97. The molecule has 0 atom stereocenters. The number of ether oxygens (including phenoxy) is 1. The van der Waals surface area contributed by atoms with E-state index in [1.165, 1.54) is 25.3 Å². The van der Waals surface area contributed by atoms with Crippen molar-refractivity contribution in [3.8, 4) is 0 Å². The van der Waals surface area contributed by atoms with E-state index in [1.807, 2.05) is 0 Å². The smallest absolute Gasteiger partial charge is 0.242 e. The second kappa shape index (κ2) is 7.44. The van der Waals surface area contributed by atoms with Gasteiger partial charge in [0.2, 0.25) is 15.9 Å². The first kappa shape index (κ1) is 16.7. The van der Waals surface area contributed by atoms with Crippen molar-refractivity contribution >= 4 is 33.2 Å². The van der Waals surface area contributed by atoms with Gasteiger partial charge in [-0.25, -0.2) is 13.1 Å². The Hall–Kier alpha value is -1.35. The summed E-state index contributed by atoms with van der Waals surface area (Å²) < 4.78 is 30.8. The van der Waals surface area contributed by atoms with E-state index in [-0.39, 0.29) is 16.5 Å². The van der Waals surface area contributed by atoms with Crippen molar-refractivity contribution in [3.63, 3.8) is 0 Å². The summed E-state index contributed by atoms with van der Waals surface area (Å²) in [5, 5.41) is 2.48. The number of hydrogen-bond acceptors (Lipinski definition) is 5. The molecule has 0 unspecified atom stereocenters. The molecule has 1 aromatic rings. The molecule has 20 heavy (non-hydrogen) atoms. The van der Waals surface area contributed by atoms with E-state index >= 15 is 0 Å². The van der Waals surface area contributed by atoms with Gasteiger partial charge in [0.15, 0.2) is 0 Å². The molecule has 0 spiro atoms. The van der Waals surface area contributed by atoms with Gasteiger partial charge >= 0.3 is 0 Å². The number of carbonyl (C=O) groups excluding carboxylic acids is 1. The lowest BCUT2D eigenvalue weighted by Gasteiger charge is -2.09. The highest BCUT2D eigenvalue weighted by atomic mass is 35.5. The zero-order valence-corrected chi connectivity index (χ0v) is 12.4. The molecule has 0 fully saturated rings. The van der Waals surface area contributed by atoms with E-state index < -0.39 is 15.9 Å². The van der Waals surface area contributed by atoms with Crippen LogP contribution >= 0.6 is 11.6 Å². The average Bonchev–Trinajstić information content (AvgIpc) is 2.36. The average molecular weight is 322 g/mol. The van der Waals surface area contributed by atoms with Crippen LogP contribution in [0.2, 0.25) is 5.02 Å². The van der Waals surface area contributed by atoms with Gasteiger partial charge < -0.3 is 15.8 Å². The number of anilines is 1. The molecule has 0 radical (unpaired) electrons. The lowest BCUT2D eigenvalue weighted by atomic mass is 10.3. The zero-order chi connectivity index (χ0) is 15.2. The summed E-state index contributed by atoms with van der Waals surface area (Å²) in [6.45, 7) is 0.273. The van der Waals surface area contributed by atoms with Crippen LogP contribution in [-0.4, -0.2) is 41.1 Å². The number of sulfonamides is 1. The van der Waals surface area contributed by atoms with Gasteiger partial charge in [0.25, 0.3) is 0 Å². The van der Waals surface area contributed by atoms with E-state index in [9.17, 15) is 13.2 Å². The van der Waals surface area contributed by atoms with Gasteiger partial charge in [0.05, 0.1) is 18.2 Å². The van der Waals surface area contributed by atoms with Crippen LogP contribution in [0.4, 0.5) is 5.69 Å². The Morgan fingerprint density at radius 1 is 1.45 bits per heavy atom. The second-order valence-electron chi connectivity index (χ2n) is 3.86. The van der Waals surface area contributed by atoms with Gasteiger partial charge in [-0.15, -0.1) is 0 Å². The molecule has 0 aliphatic carbocycles. The molecule has 1 rings (SSSR count). The molecule has 1 aromatic carbocycles. The van der Waals surface area contributed by atoms with Crippen LogP contribution in [0.5, 0.6) is 0 Å². The molecule has 4 N–H and O–H groups in total. The SMILES string of the molecule is COCCNC(=O)CNS(=O)(=O)c1ccc(N)cc1Cl. The summed E-state index contributed by atoms with van der Waals surface area (Å²) in [6.07, 6.45) is 0. The largest absolute Gasteiger partial charge is 0.399 e. The maximum atomic E-state index is 12.0. The number of hydrogen-bond donors (Lipinski definition) is 3. The Bertz CT molecular complexity index is 577. The van der Waals surface area contributed by atoms with Gasteiger partial charge in [0, 0.05) is 19.3 Å². The maximum Gasteiger partial charge on any atom is 0.242 e. The van der Waals surface area contributed by atoms with E-state index in [1.54, 1.807) is 0 Å². The van der Waals surface area contributed by atoms with Crippen molar-refractivity contribution in [2.24, 2.45) is 0 Å². The first-order chi connectivity index (χ1) is 9.36. The van der Waals surface area contributed by atoms with Gasteiger partial charge in [-0.2, -0.15) is 0 Å². The highest BCUT2D eigenvalue weighted by Gasteiger charge is 2.18. The topological polar surface area (TPSA) is 111 Å². The highest BCUT2D eigenvalue weighted by Crippen LogP contribution is 2.23. The van der Waals surface area contributed by atoms with Crippen molar-refractivity contribution in [1.82, 2.24) is 10.0 Å². The summed E-state index contributed by atoms with van der Waals surface area (Å²) in [4.78, 5) is 11.3. The summed E-state index contributed by atoms with van der Waals surface area (Å²) in [5.74, 6) is -0.461. The molecule has 0 saturated carbocycles. The Balaban J connectivity index is 2.64. The monoisotopic (exact) mass is 321 g/mol. The van der Waals surface area contributed by atoms with Crippen LogP contribution in [0.25, 0.3) is 0 Å². The summed E-state index contributed by atoms with van der Waals surface area (Å²) in [7, 11) is -2.36. The number of amides is 1. The fourth-order valence-corrected chi connectivity index (χ4v) is 2.86. The van der Waals surface area contributed by atoms with Gasteiger partial charge in [0.1, 0.15) is 4.90 Å². The molecule has 112 valence electrons. The number of benzene rings is 1. The minimum absolute atomic E-state index is 0.00251. The van der Waals surface area contributed by atoms with Crippen molar-refractivity contribution in [1.29, 1.82) is 0 Å². The van der Waals surface area contributed by atoms with Crippen molar-refractivity contribution in [2.45, 2.75) is 4.90 Å². The summed E-state index contributed by atoms with van der Waals surface area (Å²) in [6, 6.07) is 4.02. The van der Waals surface area contributed by atoms with Crippen LogP contribution in [0.3, 0.4) is 0 Å². The second-order valence-corrected chi connectivity index (χ2v) is 6.00. The molecule has 0 aromatic heterocycles. The van der Waals surface area contributed by atoms with Crippen LogP contribution < -0.4 is 15.8 Å². The third-order valence-corrected chi connectivity index (χ3v) is 4.18. The van der Waals surface area contributed by atoms with Crippen molar-refractivity contribution < 1.29 is 17.9 Å². The van der Waals surface area contributed by atoms with Crippen molar-refractivity contribution in [3.05, 3.63) is 23.2 Å². The number of rotatable bonds is 7. The quantitative estimate of drug-likeness (QED) is 0.482. The number of nitrogen functional groups attached to an aromatic ring is 1. The molecule has 0 aliphatic heterocycles. The number of nitrogens with one attached hydrogen (secondary N) is 2. The Morgan fingerprint density at radius 3 is 2.75 bits per heavy atom. The molecule has 1 amide bonds. The van der Waals surface area contributed by atoms with Crippen LogP contribution in [-0.2, 0) is 19.6 Å². The molecular formula is C11H16ClN3O4S. The van der Waals surface area contributed by atoms with Gasteiger partial charge in [-0.1, -0.05) is 11.6 Å². The molecular weight excluding hydrogens is 306 g/mol. The summed E-state index contributed by atoms with van der Waals surface area (Å²) >= 11 is 5.82. The lowest BCUT2D eigenvalue weighted by Crippen LogP contribution is -2.38.